The first kappa shape index (κ1) is 21.9. The number of fused-ring (bicyclic) bond motifs is 1. The van der Waals surface area contributed by atoms with Crippen LogP contribution in [0.4, 0.5) is 4.39 Å². The van der Waals surface area contributed by atoms with Gasteiger partial charge in [0.2, 0.25) is 5.91 Å². The zero-order valence-corrected chi connectivity index (χ0v) is 18.7. The second kappa shape index (κ2) is 9.54. The third kappa shape index (κ3) is 4.73. The Balaban J connectivity index is 1.26. The molecule has 1 fully saturated rings. The molecule has 0 atom stereocenters. The number of nitrogens with one attached hydrogen (secondary N) is 1. The van der Waals surface area contributed by atoms with Gasteiger partial charge in [0.1, 0.15) is 11.6 Å². The minimum Gasteiger partial charge on any atom is -0.343 e. The smallest absolute Gasteiger partial charge is 0.281 e. The summed E-state index contributed by atoms with van der Waals surface area (Å²) in [7, 11) is 0. The van der Waals surface area contributed by atoms with Crippen LogP contribution in [0.3, 0.4) is 0 Å². The van der Waals surface area contributed by atoms with Crippen molar-refractivity contribution in [1.29, 1.82) is 0 Å². The Labute approximate surface area is 195 Å². The number of carbonyl (C=O) groups is 1. The summed E-state index contributed by atoms with van der Waals surface area (Å²) in [6, 6.07) is 16.1. The molecule has 0 radical (unpaired) electrons. The first-order valence-corrected chi connectivity index (χ1v) is 11.5. The molecular weight excluding hydrogens is 435 g/mol. The molecule has 174 valence electrons. The third-order valence-electron chi connectivity index (χ3n) is 6.34. The Morgan fingerprint density at radius 1 is 1.03 bits per heavy atom. The molecule has 2 aromatic carbocycles. The SMILES string of the molecule is O=C(CCc1ccccc1)N1CCC(c2nc3c(nnn3Cc3ccc(F)cc3)c(=O)[nH]2)CC1. The average molecular weight is 461 g/mol. The molecule has 1 aliphatic heterocycles. The minimum atomic E-state index is -0.327. The van der Waals surface area contributed by atoms with Crippen LogP contribution in [0.1, 0.15) is 42.1 Å². The van der Waals surface area contributed by atoms with E-state index < -0.39 is 0 Å². The van der Waals surface area contributed by atoms with Gasteiger partial charge in [-0.05, 0) is 42.5 Å². The molecule has 0 spiro atoms. The molecule has 5 rings (SSSR count). The highest BCUT2D eigenvalue weighted by atomic mass is 19.1. The van der Waals surface area contributed by atoms with Gasteiger partial charge >= 0.3 is 0 Å². The van der Waals surface area contributed by atoms with E-state index in [1.165, 1.54) is 12.1 Å². The predicted molar refractivity (Wildman–Crippen MR) is 125 cm³/mol. The van der Waals surface area contributed by atoms with Crippen molar-refractivity contribution in [3.8, 4) is 0 Å². The summed E-state index contributed by atoms with van der Waals surface area (Å²) in [5.41, 5.74) is 2.25. The average Bonchev–Trinajstić information content (AvgIpc) is 3.28. The Morgan fingerprint density at radius 2 is 1.76 bits per heavy atom. The number of aryl methyl sites for hydroxylation is 1. The van der Waals surface area contributed by atoms with Crippen LogP contribution in [0.15, 0.2) is 59.4 Å². The van der Waals surface area contributed by atoms with Gasteiger partial charge in [-0.3, -0.25) is 9.59 Å². The van der Waals surface area contributed by atoms with Gasteiger partial charge in [0.05, 0.1) is 6.54 Å². The molecule has 34 heavy (non-hydrogen) atoms. The normalized spacial score (nSPS) is 14.6. The van der Waals surface area contributed by atoms with Crippen LogP contribution in [0.2, 0.25) is 0 Å². The molecule has 0 aliphatic carbocycles. The fourth-order valence-corrected chi connectivity index (χ4v) is 4.40. The number of piperidine rings is 1. The van der Waals surface area contributed by atoms with E-state index in [0.29, 0.717) is 37.5 Å². The fraction of sp³-hybridized carbons (Fsp3) is 0.320. The van der Waals surface area contributed by atoms with E-state index in [1.54, 1.807) is 16.8 Å². The Morgan fingerprint density at radius 3 is 2.50 bits per heavy atom. The number of hydrogen-bond donors (Lipinski definition) is 1. The largest absolute Gasteiger partial charge is 0.343 e. The number of H-pyrrole nitrogens is 1. The van der Waals surface area contributed by atoms with E-state index in [9.17, 15) is 14.0 Å². The van der Waals surface area contributed by atoms with Gasteiger partial charge in [0.15, 0.2) is 11.2 Å². The molecule has 1 saturated heterocycles. The molecule has 8 nitrogen and oxygen atoms in total. The van der Waals surface area contributed by atoms with Crippen molar-refractivity contribution in [2.24, 2.45) is 0 Å². The number of aromatic amines is 1. The maximum Gasteiger partial charge on any atom is 0.281 e. The van der Waals surface area contributed by atoms with Crippen LogP contribution in [0, 0.1) is 5.82 Å². The third-order valence-corrected chi connectivity index (χ3v) is 6.34. The molecule has 0 saturated carbocycles. The molecule has 4 aromatic rings. The minimum absolute atomic E-state index is 0.0458. The van der Waals surface area contributed by atoms with E-state index in [-0.39, 0.29) is 28.7 Å². The molecule has 3 heterocycles. The number of nitrogens with zero attached hydrogens (tertiary/aromatic N) is 5. The first-order chi connectivity index (χ1) is 16.6. The highest BCUT2D eigenvalue weighted by molar-refractivity contribution is 5.76. The Kier molecular flexibility index (Phi) is 6.16. The van der Waals surface area contributed by atoms with Crippen molar-refractivity contribution in [2.75, 3.05) is 13.1 Å². The maximum atomic E-state index is 13.2. The predicted octanol–water partition coefficient (Wildman–Crippen LogP) is 3.04. The number of halogens is 1. The molecule has 2 aromatic heterocycles. The van der Waals surface area contributed by atoms with Crippen molar-refractivity contribution in [3.05, 3.63) is 87.7 Å². The first-order valence-electron chi connectivity index (χ1n) is 11.5. The molecule has 9 heteroatoms. The zero-order valence-electron chi connectivity index (χ0n) is 18.7. The second-order valence-corrected chi connectivity index (χ2v) is 8.64. The number of carbonyl (C=O) groups excluding carboxylic acids is 1. The summed E-state index contributed by atoms with van der Waals surface area (Å²) in [5.74, 6) is 0.482. The van der Waals surface area contributed by atoms with Crippen molar-refractivity contribution in [2.45, 2.75) is 38.1 Å². The monoisotopic (exact) mass is 460 g/mol. The lowest BCUT2D eigenvalue weighted by atomic mass is 9.95. The standard InChI is InChI=1S/C25H25FN6O2/c26-20-9-6-18(7-10-20)16-32-24-22(29-30-32)25(34)28-23(27-24)19-12-14-31(15-13-19)21(33)11-8-17-4-2-1-3-5-17/h1-7,9-10,19H,8,11-16H2,(H,27,28,34). The number of benzene rings is 2. The number of likely N-dealkylation sites (tertiary alicyclic amines) is 1. The van der Waals surface area contributed by atoms with Crippen molar-refractivity contribution in [1.82, 2.24) is 29.9 Å². The van der Waals surface area contributed by atoms with E-state index in [4.69, 9.17) is 0 Å². The second-order valence-electron chi connectivity index (χ2n) is 8.64. The maximum absolute atomic E-state index is 13.2. The van der Waals surface area contributed by atoms with E-state index in [1.807, 2.05) is 35.2 Å². The van der Waals surface area contributed by atoms with Crippen LogP contribution in [-0.4, -0.2) is 48.9 Å². The summed E-state index contributed by atoms with van der Waals surface area (Å²) in [5, 5.41) is 8.06. The summed E-state index contributed by atoms with van der Waals surface area (Å²) >= 11 is 0. The lowest BCUT2D eigenvalue weighted by molar-refractivity contribution is -0.132. The lowest BCUT2D eigenvalue weighted by Crippen LogP contribution is -2.38. The molecule has 1 aliphatic rings. The van der Waals surface area contributed by atoms with Gasteiger partial charge < -0.3 is 9.88 Å². The Hall–Kier alpha value is -3.88. The van der Waals surface area contributed by atoms with Gasteiger partial charge in [0, 0.05) is 25.4 Å². The number of hydrogen-bond acceptors (Lipinski definition) is 5. The molecular formula is C25H25FN6O2. The number of rotatable bonds is 6. The van der Waals surface area contributed by atoms with Gasteiger partial charge in [-0.15, -0.1) is 5.10 Å². The fourth-order valence-electron chi connectivity index (χ4n) is 4.40. The molecule has 0 unspecified atom stereocenters. The Bertz CT molecular complexity index is 1340. The van der Waals surface area contributed by atoms with Crippen LogP contribution in [0.5, 0.6) is 0 Å². The quantitative estimate of drug-likeness (QED) is 0.477. The van der Waals surface area contributed by atoms with E-state index >= 15 is 0 Å². The van der Waals surface area contributed by atoms with Crippen molar-refractivity contribution >= 4 is 17.1 Å². The van der Waals surface area contributed by atoms with E-state index in [2.05, 4.69) is 20.3 Å². The number of amides is 1. The van der Waals surface area contributed by atoms with Crippen molar-refractivity contribution < 1.29 is 9.18 Å². The van der Waals surface area contributed by atoms with Gasteiger partial charge in [-0.1, -0.05) is 47.7 Å². The lowest BCUT2D eigenvalue weighted by Gasteiger charge is -2.31. The van der Waals surface area contributed by atoms with Gasteiger partial charge in [0.25, 0.3) is 5.56 Å². The molecule has 0 bridgehead atoms. The van der Waals surface area contributed by atoms with Gasteiger partial charge in [-0.25, -0.2) is 14.1 Å². The summed E-state index contributed by atoms with van der Waals surface area (Å²) < 4.78 is 14.8. The van der Waals surface area contributed by atoms with Gasteiger partial charge in [-0.2, -0.15) is 0 Å². The zero-order chi connectivity index (χ0) is 23.5. The van der Waals surface area contributed by atoms with E-state index in [0.717, 1.165) is 30.4 Å². The molecule has 1 N–H and O–H groups in total. The summed E-state index contributed by atoms with van der Waals surface area (Å²) in [4.78, 5) is 34.7. The number of aromatic nitrogens is 5. The highest BCUT2D eigenvalue weighted by Gasteiger charge is 2.26. The molecule has 1 amide bonds. The van der Waals surface area contributed by atoms with Crippen LogP contribution >= 0.6 is 0 Å². The van der Waals surface area contributed by atoms with Crippen LogP contribution in [0.25, 0.3) is 11.2 Å². The van der Waals surface area contributed by atoms with Crippen LogP contribution < -0.4 is 5.56 Å². The van der Waals surface area contributed by atoms with Crippen LogP contribution in [-0.2, 0) is 17.8 Å². The highest BCUT2D eigenvalue weighted by Crippen LogP contribution is 2.26. The summed E-state index contributed by atoms with van der Waals surface area (Å²) in [6.45, 7) is 1.60. The van der Waals surface area contributed by atoms with Crippen molar-refractivity contribution in [3.63, 3.8) is 0 Å². The topological polar surface area (TPSA) is 96.8 Å². The summed E-state index contributed by atoms with van der Waals surface area (Å²) in [6.07, 6.45) is 2.68.